The maximum atomic E-state index is 6.83. The van der Waals surface area contributed by atoms with E-state index in [4.69, 9.17) is 11.3 Å². The molecule has 86 valence electrons. The molecule has 0 saturated heterocycles. The fraction of sp³-hybridized carbons (Fsp3) is 0.462. The summed E-state index contributed by atoms with van der Waals surface area (Å²) in [5.41, 5.74) is 0.657. The van der Waals surface area contributed by atoms with Crippen LogP contribution in [-0.2, 0) is 0 Å². The predicted molar refractivity (Wildman–Crippen MR) is 70.5 cm³/mol. The van der Waals surface area contributed by atoms with Gasteiger partial charge in [0.15, 0.2) is 5.69 Å². The second-order valence-electron chi connectivity index (χ2n) is 3.56. The Labute approximate surface area is 106 Å². The first-order valence-corrected chi connectivity index (χ1v) is 6.65. The van der Waals surface area contributed by atoms with Crippen molar-refractivity contribution >= 4 is 21.6 Å². The van der Waals surface area contributed by atoms with Crippen molar-refractivity contribution in [2.24, 2.45) is 0 Å². The van der Waals surface area contributed by atoms with Crippen LogP contribution in [0.2, 0.25) is 0 Å². The van der Waals surface area contributed by atoms with Crippen LogP contribution in [0, 0.1) is 6.57 Å². The summed E-state index contributed by atoms with van der Waals surface area (Å²) in [6.07, 6.45) is 4.80. The molecular weight excluding hydrogens is 266 g/mol. The Hall–Kier alpha value is -1.01. The molecule has 0 saturated carbocycles. The Morgan fingerprint density at radius 3 is 2.38 bits per heavy atom. The Morgan fingerprint density at radius 2 is 1.75 bits per heavy atom. The Kier molecular flexibility index (Phi) is 6.67. The van der Waals surface area contributed by atoms with Gasteiger partial charge in [-0.15, -0.1) is 0 Å². The summed E-state index contributed by atoms with van der Waals surface area (Å²) >= 11 is 3.41. The Bertz CT molecular complexity index is 329. The minimum Gasteiger partial charge on any atom is -0.494 e. The Balaban J connectivity index is 2.15. The number of rotatable bonds is 7. The van der Waals surface area contributed by atoms with Gasteiger partial charge in [-0.2, -0.15) is 0 Å². The van der Waals surface area contributed by atoms with Crippen molar-refractivity contribution < 1.29 is 4.74 Å². The molecule has 0 unspecified atom stereocenters. The monoisotopic (exact) mass is 281 g/mol. The van der Waals surface area contributed by atoms with E-state index in [0.717, 1.165) is 24.1 Å². The lowest BCUT2D eigenvalue weighted by Crippen LogP contribution is -1.96. The summed E-state index contributed by atoms with van der Waals surface area (Å²) in [4.78, 5) is 3.33. The minimum absolute atomic E-state index is 0.657. The smallest absolute Gasteiger partial charge is 0.187 e. The molecule has 1 rings (SSSR count). The van der Waals surface area contributed by atoms with Gasteiger partial charge in [-0.3, -0.25) is 0 Å². The molecule has 0 aliphatic rings. The van der Waals surface area contributed by atoms with Crippen molar-refractivity contribution in [3.05, 3.63) is 35.7 Å². The van der Waals surface area contributed by atoms with E-state index < -0.39 is 0 Å². The molecule has 1 aromatic rings. The van der Waals surface area contributed by atoms with Crippen molar-refractivity contribution in [2.45, 2.75) is 25.7 Å². The van der Waals surface area contributed by atoms with Gasteiger partial charge >= 0.3 is 0 Å². The SMILES string of the molecule is [C-]#[N+]c1ccc(OCCCCCCBr)cc1. The van der Waals surface area contributed by atoms with Gasteiger partial charge in [0.2, 0.25) is 0 Å². The van der Waals surface area contributed by atoms with Crippen LogP contribution >= 0.6 is 15.9 Å². The molecule has 16 heavy (non-hydrogen) atoms. The first-order chi connectivity index (χ1) is 7.86. The van der Waals surface area contributed by atoms with Crippen LogP contribution in [0.3, 0.4) is 0 Å². The van der Waals surface area contributed by atoms with E-state index in [1.54, 1.807) is 12.1 Å². The first-order valence-electron chi connectivity index (χ1n) is 5.53. The van der Waals surface area contributed by atoms with E-state index in [-0.39, 0.29) is 0 Å². The normalized spacial score (nSPS) is 9.75. The van der Waals surface area contributed by atoms with Gasteiger partial charge in [-0.05, 0) is 25.0 Å². The molecule has 1 aromatic carbocycles. The number of ether oxygens (including phenoxy) is 1. The Morgan fingerprint density at radius 1 is 1.06 bits per heavy atom. The maximum absolute atomic E-state index is 6.83. The molecular formula is C13H16BrNO. The van der Waals surface area contributed by atoms with Gasteiger partial charge in [-0.25, -0.2) is 4.85 Å². The first kappa shape index (κ1) is 13.1. The van der Waals surface area contributed by atoms with Crippen LogP contribution in [-0.4, -0.2) is 11.9 Å². The van der Waals surface area contributed by atoms with E-state index in [9.17, 15) is 0 Å². The summed E-state index contributed by atoms with van der Waals surface area (Å²) in [5.74, 6) is 0.855. The lowest BCUT2D eigenvalue weighted by molar-refractivity contribution is 0.305. The second-order valence-corrected chi connectivity index (χ2v) is 4.35. The molecule has 0 heterocycles. The average Bonchev–Trinajstić information content (AvgIpc) is 2.34. The van der Waals surface area contributed by atoms with Crippen LogP contribution < -0.4 is 4.74 Å². The second kappa shape index (κ2) is 8.18. The van der Waals surface area contributed by atoms with E-state index in [2.05, 4.69) is 20.8 Å². The van der Waals surface area contributed by atoms with E-state index in [1.807, 2.05) is 12.1 Å². The molecule has 0 atom stereocenters. The summed E-state index contributed by atoms with van der Waals surface area (Å²) in [6.45, 7) is 7.59. The largest absolute Gasteiger partial charge is 0.494 e. The van der Waals surface area contributed by atoms with E-state index in [0.29, 0.717) is 5.69 Å². The highest BCUT2D eigenvalue weighted by molar-refractivity contribution is 9.09. The third-order valence-corrected chi connectivity index (χ3v) is 2.82. The summed E-state index contributed by atoms with van der Waals surface area (Å²) in [6, 6.07) is 7.28. The lowest BCUT2D eigenvalue weighted by Gasteiger charge is -2.05. The number of benzene rings is 1. The predicted octanol–water partition coefficient (Wildman–Crippen LogP) is 4.57. The fourth-order valence-corrected chi connectivity index (χ4v) is 1.75. The number of hydrogen-bond acceptors (Lipinski definition) is 1. The van der Waals surface area contributed by atoms with Gasteiger partial charge in [0.05, 0.1) is 13.2 Å². The van der Waals surface area contributed by atoms with E-state index in [1.165, 1.54) is 19.3 Å². The highest BCUT2D eigenvalue weighted by Gasteiger charge is 1.95. The fourth-order valence-electron chi connectivity index (χ4n) is 1.36. The van der Waals surface area contributed by atoms with Crippen LogP contribution in [0.5, 0.6) is 5.75 Å². The van der Waals surface area contributed by atoms with Crippen molar-refractivity contribution in [2.75, 3.05) is 11.9 Å². The number of alkyl halides is 1. The molecule has 2 nitrogen and oxygen atoms in total. The highest BCUT2D eigenvalue weighted by atomic mass is 79.9. The average molecular weight is 282 g/mol. The van der Waals surface area contributed by atoms with Crippen LogP contribution in [0.25, 0.3) is 4.85 Å². The van der Waals surface area contributed by atoms with Gasteiger partial charge in [0.1, 0.15) is 5.75 Å². The molecule has 0 N–H and O–H groups in total. The number of nitrogens with zero attached hydrogens (tertiary/aromatic N) is 1. The van der Waals surface area contributed by atoms with Gasteiger partial charge in [-0.1, -0.05) is 40.9 Å². The minimum atomic E-state index is 0.657. The van der Waals surface area contributed by atoms with Gasteiger partial charge in [0, 0.05) is 5.33 Å². The van der Waals surface area contributed by atoms with Crippen molar-refractivity contribution in [3.8, 4) is 5.75 Å². The molecule has 0 aromatic heterocycles. The summed E-state index contributed by atoms with van der Waals surface area (Å²) in [5, 5.41) is 1.09. The molecule has 0 bridgehead atoms. The van der Waals surface area contributed by atoms with Crippen molar-refractivity contribution in [1.29, 1.82) is 0 Å². The summed E-state index contributed by atoms with van der Waals surface area (Å²) < 4.78 is 5.57. The number of unbranched alkanes of at least 4 members (excludes halogenated alkanes) is 3. The molecule has 0 aliphatic heterocycles. The maximum Gasteiger partial charge on any atom is 0.187 e. The van der Waals surface area contributed by atoms with Crippen LogP contribution in [0.1, 0.15) is 25.7 Å². The molecule has 0 fully saturated rings. The molecule has 0 aliphatic carbocycles. The number of halogens is 1. The van der Waals surface area contributed by atoms with Crippen molar-refractivity contribution in [1.82, 2.24) is 0 Å². The molecule has 0 amide bonds. The van der Waals surface area contributed by atoms with E-state index >= 15 is 0 Å². The van der Waals surface area contributed by atoms with Gasteiger partial charge in [0.25, 0.3) is 0 Å². The quantitative estimate of drug-likeness (QED) is 0.405. The van der Waals surface area contributed by atoms with Crippen LogP contribution in [0.4, 0.5) is 5.69 Å². The molecule has 0 spiro atoms. The van der Waals surface area contributed by atoms with Gasteiger partial charge < -0.3 is 4.74 Å². The standard InChI is InChI=1S/C13H16BrNO/c1-15-12-6-8-13(9-7-12)16-11-5-3-2-4-10-14/h6-9H,2-5,10-11H2. The third kappa shape index (κ3) is 5.18. The van der Waals surface area contributed by atoms with Crippen LogP contribution in [0.15, 0.2) is 24.3 Å². The zero-order valence-electron chi connectivity index (χ0n) is 9.29. The van der Waals surface area contributed by atoms with Crippen molar-refractivity contribution in [3.63, 3.8) is 0 Å². The molecule has 3 heteroatoms. The highest BCUT2D eigenvalue weighted by Crippen LogP contribution is 2.18. The third-order valence-electron chi connectivity index (χ3n) is 2.26. The summed E-state index contributed by atoms with van der Waals surface area (Å²) in [7, 11) is 0. The zero-order valence-corrected chi connectivity index (χ0v) is 10.9. The topological polar surface area (TPSA) is 13.6 Å². The molecule has 0 radical (unpaired) electrons. The zero-order chi connectivity index (χ0) is 11.6. The lowest BCUT2D eigenvalue weighted by atomic mass is 10.2. The number of hydrogen-bond donors (Lipinski definition) is 0.